The summed E-state index contributed by atoms with van der Waals surface area (Å²) >= 11 is 1.23. The van der Waals surface area contributed by atoms with E-state index in [9.17, 15) is 18.8 Å². The van der Waals surface area contributed by atoms with E-state index in [1.165, 1.54) is 45.7 Å². The van der Waals surface area contributed by atoms with Gasteiger partial charge in [-0.25, -0.2) is 9.18 Å². The number of fused-ring (bicyclic) bond motifs is 2. The molecule has 6 nitrogen and oxygen atoms in total. The van der Waals surface area contributed by atoms with Gasteiger partial charge in [-0.05, 0) is 53.1 Å². The Hall–Kier alpha value is -3.52. The highest BCUT2D eigenvalue weighted by Crippen LogP contribution is 2.30. The molecule has 0 fully saturated rings. The van der Waals surface area contributed by atoms with Crippen LogP contribution in [0.2, 0.25) is 0 Å². The molecule has 1 amide bonds. The highest BCUT2D eigenvalue weighted by Gasteiger charge is 2.24. The van der Waals surface area contributed by atoms with Crippen LogP contribution in [0.1, 0.15) is 29.2 Å². The van der Waals surface area contributed by atoms with E-state index in [0.717, 1.165) is 23.0 Å². The zero-order valence-corrected chi connectivity index (χ0v) is 17.9. The van der Waals surface area contributed by atoms with Gasteiger partial charge in [-0.1, -0.05) is 36.4 Å². The first-order chi connectivity index (χ1) is 15.5. The van der Waals surface area contributed by atoms with E-state index in [4.69, 9.17) is 0 Å². The molecule has 0 radical (unpaired) electrons. The maximum absolute atomic E-state index is 13.2. The number of nitrogens with one attached hydrogen (secondary N) is 1. The molecule has 4 aromatic rings. The number of aromatic nitrogens is 2. The topological polar surface area (TPSA) is 73.1 Å². The Morgan fingerprint density at radius 3 is 2.66 bits per heavy atom. The van der Waals surface area contributed by atoms with Crippen LogP contribution in [0.15, 0.2) is 69.6 Å². The van der Waals surface area contributed by atoms with E-state index in [-0.39, 0.29) is 25.0 Å². The number of thiophene rings is 1. The molecule has 2 aromatic heterocycles. The van der Waals surface area contributed by atoms with Crippen molar-refractivity contribution in [3.63, 3.8) is 0 Å². The van der Waals surface area contributed by atoms with Crippen molar-refractivity contribution in [2.24, 2.45) is 0 Å². The molecule has 8 heteroatoms. The van der Waals surface area contributed by atoms with E-state index in [1.54, 1.807) is 11.4 Å². The number of carbonyl (C=O) groups excluding carboxylic acids is 1. The summed E-state index contributed by atoms with van der Waals surface area (Å²) in [6, 6.07) is 15.3. The Labute approximate surface area is 186 Å². The molecule has 0 saturated heterocycles. The van der Waals surface area contributed by atoms with Gasteiger partial charge in [0.1, 0.15) is 17.1 Å². The van der Waals surface area contributed by atoms with Crippen LogP contribution in [0.5, 0.6) is 0 Å². The Kier molecular flexibility index (Phi) is 5.22. The number of hydrogen-bond acceptors (Lipinski definition) is 4. The predicted molar refractivity (Wildman–Crippen MR) is 121 cm³/mol. The number of rotatable bonds is 5. The second kappa shape index (κ2) is 8.20. The molecular formula is C24H20FN3O3S. The minimum Gasteiger partial charge on any atom is -0.348 e. The van der Waals surface area contributed by atoms with Gasteiger partial charge in [0.2, 0.25) is 5.91 Å². The van der Waals surface area contributed by atoms with Gasteiger partial charge in [-0.2, -0.15) is 0 Å². The first kappa shape index (κ1) is 20.4. The lowest BCUT2D eigenvalue weighted by atomic mass is 10.1. The normalized spacial score (nSPS) is 15.1. The number of benzene rings is 2. The van der Waals surface area contributed by atoms with Crippen molar-refractivity contribution in [3.8, 4) is 0 Å². The summed E-state index contributed by atoms with van der Waals surface area (Å²) < 4.78 is 16.1. The van der Waals surface area contributed by atoms with Crippen molar-refractivity contribution < 1.29 is 9.18 Å². The summed E-state index contributed by atoms with van der Waals surface area (Å²) in [6.45, 7) is -0.183. The Bertz CT molecular complexity index is 1440. The van der Waals surface area contributed by atoms with E-state index in [2.05, 4.69) is 11.4 Å². The van der Waals surface area contributed by atoms with Crippen molar-refractivity contribution in [2.75, 3.05) is 0 Å². The molecule has 1 atom stereocenters. The maximum atomic E-state index is 13.2. The van der Waals surface area contributed by atoms with Crippen molar-refractivity contribution in [1.29, 1.82) is 0 Å². The monoisotopic (exact) mass is 449 g/mol. The third-order valence-electron chi connectivity index (χ3n) is 5.86. The van der Waals surface area contributed by atoms with Gasteiger partial charge < -0.3 is 5.32 Å². The van der Waals surface area contributed by atoms with E-state index in [0.29, 0.717) is 15.8 Å². The Balaban J connectivity index is 1.46. The van der Waals surface area contributed by atoms with Gasteiger partial charge >= 0.3 is 5.69 Å². The molecule has 5 rings (SSSR count). The van der Waals surface area contributed by atoms with Crippen LogP contribution >= 0.6 is 11.3 Å². The minimum atomic E-state index is -0.563. The summed E-state index contributed by atoms with van der Waals surface area (Å²) in [5.41, 5.74) is 2.43. The quantitative estimate of drug-likeness (QED) is 0.509. The van der Waals surface area contributed by atoms with Crippen LogP contribution in [0.3, 0.4) is 0 Å². The zero-order valence-electron chi connectivity index (χ0n) is 17.1. The lowest BCUT2D eigenvalue weighted by Crippen LogP contribution is -2.42. The third kappa shape index (κ3) is 3.67. The first-order valence-corrected chi connectivity index (χ1v) is 11.2. The molecule has 1 aliphatic carbocycles. The highest BCUT2D eigenvalue weighted by atomic mass is 32.1. The molecule has 1 N–H and O–H groups in total. The number of aryl methyl sites for hydroxylation is 1. The average Bonchev–Trinajstić information content (AvgIpc) is 3.43. The molecule has 1 aliphatic rings. The van der Waals surface area contributed by atoms with Gasteiger partial charge in [-0.3, -0.25) is 18.7 Å². The summed E-state index contributed by atoms with van der Waals surface area (Å²) in [6.07, 6.45) is 1.72. The van der Waals surface area contributed by atoms with E-state index < -0.39 is 17.1 Å². The summed E-state index contributed by atoms with van der Waals surface area (Å²) in [5, 5.41) is 4.76. The lowest BCUT2D eigenvalue weighted by Gasteiger charge is -2.16. The number of hydrogen-bond donors (Lipinski definition) is 1. The highest BCUT2D eigenvalue weighted by molar-refractivity contribution is 7.17. The molecule has 32 heavy (non-hydrogen) atoms. The van der Waals surface area contributed by atoms with Crippen molar-refractivity contribution >= 4 is 27.5 Å². The lowest BCUT2D eigenvalue weighted by molar-refractivity contribution is -0.122. The van der Waals surface area contributed by atoms with E-state index >= 15 is 0 Å². The van der Waals surface area contributed by atoms with Gasteiger partial charge in [-0.15, -0.1) is 11.3 Å². The molecule has 0 aliphatic heterocycles. The molecule has 0 spiro atoms. The zero-order chi connectivity index (χ0) is 22.2. The average molecular weight is 450 g/mol. The standard InChI is InChI=1S/C24H20FN3O3S/c25-17-8-5-15(6-9-17)13-28-23(30)22-20(11-12-32-22)27(24(28)31)14-21(29)26-19-10-7-16-3-1-2-4-18(16)19/h1-6,8-9,11-12,19H,7,10,13-14H2,(H,26,29). The molecule has 0 bridgehead atoms. The van der Waals surface area contributed by atoms with Crippen molar-refractivity contribution in [3.05, 3.63) is 103 Å². The largest absolute Gasteiger partial charge is 0.348 e. The van der Waals surface area contributed by atoms with Crippen LogP contribution in [-0.2, 0) is 24.3 Å². The van der Waals surface area contributed by atoms with Crippen LogP contribution in [0, 0.1) is 5.82 Å². The smallest absolute Gasteiger partial charge is 0.332 e. The number of amides is 1. The van der Waals surface area contributed by atoms with Gasteiger partial charge in [0.05, 0.1) is 18.1 Å². The molecule has 1 unspecified atom stereocenters. The molecule has 2 heterocycles. The number of carbonyl (C=O) groups is 1. The predicted octanol–water partition coefficient (Wildman–Crippen LogP) is 3.22. The summed E-state index contributed by atoms with van der Waals surface area (Å²) in [5.74, 6) is -0.675. The Morgan fingerprint density at radius 1 is 1.06 bits per heavy atom. The van der Waals surface area contributed by atoms with Crippen molar-refractivity contribution in [1.82, 2.24) is 14.5 Å². The van der Waals surface area contributed by atoms with Crippen LogP contribution in [0.25, 0.3) is 10.2 Å². The SMILES string of the molecule is O=C(Cn1c(=O)n(Cc2ccc(F)cc2)c(=O)c2sccc21)NC1CCc2ccccc21. The fraction of sp³-hybridized carbons (Fsp3) is 0.208. The molecular weight excluding hydrogens is 429 g/mol. The van der Waals surface area contributed by atoms with Gasteiger partial charge in [0, 0.05) is 0 Å². The summed E-state index contributed by atoms with van der Waals surface area (Å²) in [4.78, 5) is 39.0. The fourth-order valence-electron chi connectivity index (χ4n) is 4.29. The second-order valence-corrected chi connectivity index (χ2v) is 8.80. The third-order valence-corrected chi connectivity index (χ3v) is 6.75. The second-order valence-electron chi connectivity index (χ2n) is 7.88. The maximum Gasteiger partial charge on any atom is 0.332 e. The van der Waals surface area contributed by atoms with Gasteiger partial charge in [0.15, 0.2) is 0 Å². The fourth-order valence-corrected chi connectivity index (χ4v) is 5.13. The molecule has 2 aromatic carbocycles. The molecule has 162 valence electrons. The summed E-state index contributed by atoms with van der Waals surface area (Å²) in [7, 11) is 0. The molecule has 0 saturated carbocycles. The van der Waals surface area contributed by atoms with Crippen LogP contribution < -0.4 is 16.6 Å². The van der Waals surface area contributed by atoms with Crippen LogP contribution in [-0.4, -0.2) is 15.0 Å². The van der Waals surface area contributed by atoms with Crippen LogP contribution in [0.4, 0.5) is 4.39 Å². The van der Waals surface area contributed by atoms with Gasteiger partial charge in [0.25, 0.3) is 5.56 Å². The Morgan fingerprint density at radius 2 is 1.84 bits per heavy atom. The number of nitrogens with zero attached hydrogens (tertiary/aromatic N) is 2. The van der Waals surface area contributed by atoms with E-state index in [1.807, 2.05) is 18.2 Å². The minimum absolute atomic E-state index is 0.00338. The first-order valence-electron chi connectivity index (χ1n) is 10.3. The van der Waals surface area contributed by atoms with Crippen molar-refractivity contribution in [2.45, 2.75) is 32.0 Å². The number of halogens is 1.